The molecule has 1 N–H and O–H groups in total. The standard InChI is InChI=1S/C21H23N5O3S/c1-28-17-4-2-15(3-5-17)21-23-16(14-30-21)8-9-22-20(27)18-6-7-19(25-24-18)26-10-12-29-13-11-26/h2-7,14H,8-13H2,1H3,(H,22,27). The zero-order valence-corrected chi connectivity index (χ0v) is 17.5. The van der Waals surface area contributed by atoms with Crippen molar-refractivity contribution in [1.29, 1.82) is 0 Å². The van der Waals surface area contributed by atoms with Gasteiger partial charge in [0, 0.05) is 37.0 Å². The zero-order valence-electron chi connectivity index (χ0n) is 16.7. The molecule has 30 heavy (non-hydrogen) atoms. The van der Waals surface area contributed by atoms with E-state index in [0.29, 0.717) is 31.9 Å². The van der Waals surface area contributed by atoms with E-state index < -0.39 is 0 Å². The minimum Gasteiger partial charge on any atom is -0.497 e. The maximum atomic E-state index is 12.3. The minimum absolute atomic E-state index is 0.235. The molecule has 1 saturated heterocycles. The van der Waals surface area contributed by atoms with Crippen LogP contribution in [0.25, 0.3) is 10.6 Å². The number of hydrogen-bond acceptors (Lipinski definition) is 8. The van der Waals surface area contributed by atoms with E-state index in [1.54, 1.807) is 24.5 Å². The number of carbonyl (C=O) groups is 1. The third kappa shape index (κ3) is 4.92. The molecule has 0 aliphatic carbocycles. The van der Waals surface area contributed by atoms with E-state index >= 15 is 0 Å². The number of morpholine rings is 1. The van der Waals surface area contributed by atoms with Gasteiger partial charge in [-0.25, -0.2) is 4.98 Å². The largest absolute Gasteiger partial charge is 0.497 e. The van der Waals surface area contributed by atoms with E-state index in [1.807, 2.05) is 35.7 Å². The second-order valence-electron chi connectivity index (χ2n) is 6.75. The number of aromatic nitrogens is 3. The molecule has 3 aromatic rings. The molecule has 0 radical (unpaired) electrons. The topological polar surface area (TPSA) is 89.5 Å². The molecule has 0 bridgehead atoms. The molecule has 1 amide bonds. The van der Waals surface area contributed by atoms with Gasteiger partial charge in [0.25, 0.3) is 5.91 Å². The Labute approximate surface area is 178 Å². The van der Waals surface area contributed by atoms with Crippen LogP contribution in [-0.2, 0) is 11.2 Å². The van der Waals surface area contributed by atoms with Crippen LogP contribution < -0.4 is 15.0 Å². The van der Waals surface area contributed by atoms with Crippen molar-refractivity contribution in [3.8, 4) is 16.3 Å². The molecule has 3 heterocycles. The van der Waals surface area contributed by atoms with Crippen molar-refractivity contribution < 1.29 is 14.3 Å². The second kappa shape index (κ2) is 9.64. The summed E-state index contributed by atoms with van der Waals surface area (Å²) in [4.78, 5) is 19.1. The van der Waals surface area contributed by atoms with Crippen molar-refractivity contribution >= 4 is 23.1 Å². The van der Waals surface area contributed by atoms with Gasteiger partial charge in [-0.05, 0) is 36.4 Å². The molecule has 0 unspecified atom stereocenters. The summed E-state index contributed by atoms with van der Waals surface area (Å²) in [5, 5.41) is 14.1. The predicted molar refractivity (Wildman–Crippen MR) is 115 cm³/mol. The smallest absolute Gasteiger partial charge is 0.271 e. The molecular weight excluding hydrogens is 402 g/mol. The Kier molecular flexibility index (Phi) is 6.50. The van der Waals surface area contributed by atoms with Gasteiger partial charge in [0.15, 0.2) is 11.5 Å². The zero-order chi connectivity index (χ0) is 20.8. The molecule has 4 rings (SSSR count). The van der Waals surface area contributed by atoms with E-state index in [1.165, 1.54) is 0 Å². The van der Waals surface area contributed by atoms with E-state index in [-0.39, 0.29) is 5.91 Å². The summed E-state index contributed by atoms with van der Waals surface area (Å²) in [7, 11) is 1.65. The van der Waals surface area contributed by atoms with Crippen molar-refractivity contribution in [2.24, 2.45) is 0 Å². The van der Waals surface area contributed by atoms with Gasteiger partial charge >= 0.3 is 0 Å². The van der Waals surface area contributed by atoms with Gasteiger partial charge in [0.1, 0.15) is 10.8 Å². The van der Waals surface area contributed by atoms with Crippen LogP contribution in [0.5, 0.6) is 5.75 Å². The maximum Gasteiger partial charge on any atom is 0.271 e. The normalized spacial score (nSPS) is 13.8. The first-order valence-corrected chi connectivity index (χ1v) is 10.6. The van der Waals surface area contributed by atoms with E-state index in [0.717, 1.165) is 40.9 Å². The number of amides is 1. The van der Waals surface area contributed by atoms with Gasteiger partial charge in [-0.3, -0.25) is 4.79 Å². The lowest BCUT2D eigenvalue weighted by Crippen LogP contribution is -2.37. The minimum atomic E-state index is -0.235. The molecule has 1 aliphatic rings. The van der Waals surface area contributed by atoms with Crippen LogP contribution in [-0.4, -0.2) is 61.0 Å². The lowest BCUT2D eigenvalue weighted by Gasteiger charge is -2.27. The van der Waals surface area contributed by atoms with Crippen molar-refractivity contribution in [2.45, 2.75) is 6.42 Å². The Morgan fingerprint density at radius 2 is 1.97 bits per heavy atom. The summed E-state index contributed by atoms with van der Waals surface area (Å²) in [5.41, 5.74) is 2.30. The van der Waals surface area contributed by atoms with E-state index in [9.17, 15) is 4.79 Å². The van der Waals surface area contributed by atoms with Crippen LogP contribution in [0.15, 0.2) is 41.8 Å². The number of thiazole rings is 1. The van der Waals surface area contributed by atoms with Crippen LogP contribution in [0.1, 0.15) is 16.2 Å². The first-order chi connectivity index (χ1) is 14.7. The highest BCUT2D eigenvalue weighted by molar-refractivity contribution is 7.13. The first-order valence-electron chi connectivity index (χ1n) is 9.76. The highest BCUT2D eigenvalue weighted by Gasteiger charge is 2.14. The monoisotopic (exact) mass is 425 g/mol. The van der Waals surface area contributed by atoms with E-state index in [4.69, 9.17) is 9.47 Å². The van der Waals surface area contributed by atoms with Gasteiger partial charge in [0.05, 0.1) is 26.0 Å². The fourth-order valence-corrected chi connectivity index (χ4v) is 3.95. The summed E-state index contributed by atoms with van der Waals surface area (Å²) in [6.45, 7) is 3.41. The van der Waals surface area contributed by atoms with Crippen molar-refractivity contribution in [3.05, 3.63) is 53.2 Å². The number of methoxy groups -OCH3 is 1. The van der Waals surface area contributed by atoms with Gasteiger partial charge < -0.3 is 19.7 Å². The van der Waals surface area contributed by atoms with Gasteiger partial charge in [-0.1, -0.05) is 0 Å². The molecular formula is C21H23N5O3S. The molecule has 2 aromatic heterocycles. The molecule has 1 aliphatic heterocycles. The molecule has 0 saturated carbocycles. The number of nitrogens with zero attached hydrogens (tertiary/aromatic N) is 4. The molecule has 1 aromatic carbocycles. The van der Waals surface area contributed by atoms with E-state index in [2.05, 4.69) is 25.4 Å². The lowest BCUT2D eigenvalue weighted by molar-refractivity contribution is 0.0948. The average Bonchev–Trinajstić information content (AvgIpc) is 3.29. The van der Waals surface area contributed by atoms with Crippen LogP contribution in [0, 0.1) is 0 Å². The van der Waals surface area contributed by atoms with Crippen LogP contribution in [0.2, 0.25) is 0 Å². The Bertz CT molecular complexity index is 969. The predicted octanol–water partition coefficient (Wildman–Crippen LogP) is 2.42. The summed E-state index contributed by atoms with van der Waals surface area (Å²) in [6, 6.07) is 11.3. The van der Waals surface area contributed by atoms with Crippen molar-refractivity contribution in [3.63, 3.8) is 0 Å². The summed E-state index contributed by atoms with van der Waals surface area (Å²) in [5.74, 6) is 1.35. The van der Waals surface area contributed by atoms with Gasteiger partial charge in [-0.2, -0.15) is 0 Å². The number of benzene rings is 1. The number of anilines is 1. The number of nitrogens with one attached hydrogen (secondary N) is 1. The Morgan fingerprint density at radius 3 is 2.67 bits per heavy atom. The fraction of sp³-hybridized carbons (Fsp3) is 0.333. The average molecular weight is 426 g/mol. The molecule has 0 atom stereocenters. The number of rotatable bonds is 7. The highest BCUT2D eigenvalue weighted by Crippen LogP contribution is 2.25. The van der Waals surface area contributed by atoms with Crippen molar-refractivity contribution in [2.75, 3.05) is 44.9 Å². The lowest BCUT2D eigenvalue weighted by atomic mass is 10.2. The third-order valence-corrected chi connectivity index (χ3v) is 5.71. The Balaban J connectivity index is 1.27. The second-order valence-corrected chi connectivity index (χ2v) is 7.61. The number of hydrogen-bond donors (Lipinski definition) is 1. The fourth-order valence-electron chi connectivity index (χ4n) is 3.09. The number of ether oxygens (including phenoxy) is 2. The quantitative estimate of drug-likeness (QED) is 0.622. The SMILES string of the molecule is COc1ccc(-c2nc(CCNC(=O)c3ccc(N4CCOCC4)nn3)cs2)cc1. The summed E-state index contributed by atoms with van der Waals surface area (Å²) >= 11 is 1.59. The molecule has 0 spiro atoms. The molecule has 9 heteroatoms. The van der Waals surface area contributed by atoms with Crippen LogP contribution in [0.3, 0.4) is 0 Å². The van der Waals surface area contributed by atoms with Crippen LogP contribution >= 0.6 is 11.3 Å². The molecule has 156 valence electrons. The third-order valence-electron chi connectivity index (χ3n) is 4.77. The Hall–Kier alpha value is -3.04. The van der Waals surface area contributed by atoms with Gasteiger partial charge in [0.2, 0.25) is 0 Å². The number of carbonyl (C=O) groups excluding carboxylic acids is 1. The highest BCUT2D eigenvalue weighted by atomic mass is 32.1. The van der Waals surface area contributed by atoms with Crippen molar-refractivity contribution in [1.82, 2.24) is 20.5 Å². The maximum absolute atomic E-state index is 12.3. The summed E-state index contributed by atoms with van der Waals surface area (Å²) < 4.78 is 10.5. The molecule has 8 nitrogen and oxygen atoms in total. The van der Waals surface area contributed by atoms with Gasteiger partial charge in [-0.15, -0.1) is 21.5 Å². The van der Waals surface area contributed by atoms with Crippen LogP contribution in [0.4, 0.5) is 5.82 Å². The first kappa shape index (κ1) is 20.2. The Morgan fingerprint density at radius 1 is 1.17 bits per heavy atom. The molecule has 1 fully saturated rings. The summed E-state index contributed by atoms with van der Waals surface area (Å²) in [6.07, 6.45) is 0.650.